The Bertz CT molecular complexity index is 716. The Morgan fingerprint density at radius 3 is 2.55 bits per heavy atom. The van der Waals surface area contributed by atoms with Crippen molar-refractivity contribution in [2.75, 3.05) is 0 Å². The maximum Gasteiger partial charge on any atom is 0.303 e. The minimum Gasteiger partial charge on any atom is -0.481 e. The van der Waals surface area contributed by atoms with Gasteiger partial charge in [-0.25, -0.2) is 0 Å². The molecule has 0 amide bonds. The summed E-state index contributed by atoms with van der Waals surface area (Å²) in [5.41, 5.74) is -0.520. The summed E-state index contributed by atoms with van der Waals surface area (Å²) in [6, 6.07) is 0. The summed E-state index contributed by atoms with van der Waals surface area (Å²) >= 11 is 0. The Hall–Kier alpha value is -1.23. The van der Waals surface area contributed by atoms with E-state index in [1.807, 2.05) is 0 Å². The Morgan fingerprint density at radius 2 is 1.86 bits per heavy atom. The van der Waals surface area contributed by atoms with Crippen molar-refractivity contribution in [1.82, 2.24) is 0 Å². The lowest BCUT2D eigenvalue weighted by atomic mass is 9.43. The van der Waals surface area contributed by atoms with Gasteiger partial charge >= 0.3 is 5.97 Å². The van der Waals surface area contributed by atoms with Gasteiger partial charge in [0.15, 0.2) is 0 Å². The predicted molar refractivity (Wildman–Crippen MR) is 108 cm³/mol. The molecular formula is C24H36O5. The third-order valence-electron chi connectivity index (χ3n) is 9.87. The maximum atomic E-state index is 13.6. The van der Waals surface area contributed by atoms with Crippen molar-refractivity contribution in [3.8, 4) is 0 Å². The predicted octanol–water partition coefficient (Wildman–Crippen LogP) is 3.87. The minimum absolute atomic E-state index is 0.0260. The van der Waals surface area contributed by atoms with Crippen LogP contribution in [0.5, 0.6) is 0 Å². The second kappa shape index (κ2) is 7.18. The SMILES string of the molecule is C[C@@H](CCC(=O)O)[C@@H]1CC[C@@H]2[C@H]3C(=O)C[C@H]4C[C@@H](O)CC[C@]4(C)[C@@H]3CC(=O)[C@@]21C. The van der Waals surface area contributed by atoms with Crippen molar-refractivity contribution in [3.63, 3.8) is 0 Å². The number of aliphatic hydroxyl groups excluding tert-OH is 1. The average molecular weight is 405 g/mol. The topological polar surface area (TPSA) is 91.7 Å². The van der Waals surface area contributed by atoms with E-state index in [0.717, 1.165) is 25.7 Å². The van der Waals surface area contributed by atoms with E-state index in [2.05, 4.69) is 20.8 Å². The number of carbonyl (C=O) groups excluding carboxylic acids is 2. The van der Waals surface area contributed by atoms with Crippen molar-refractivity contribution < 1.29 is 24.6 Å². The Balaban J connectivity index is 1.62. The van der Waals surface area contributed by atoms with Crippen LogP contribution in [0.1, 0.15) is 78.6 Å². The third-order valence-corrected chi connectivity index (χ3v) is 9.87. The van der Waals surface area contributed by atoms with Gasteiger partial charge in [-0.3, -0.25) is 14.4 Å². The van der Waals surface area contributed by atoms with Gasteiger partial charge in [0.1, 0.15) is 11.6 Å². The molecule has 0 spiro atoms. The standard InChI is InChI=1S/C24H36O5/c1-13(4-7-21(28)29)16-5-6-17-22-18(12-20(27)24(16,17)3)23(2)9-8-15(25)10-14(23)11-19(22)26/h13-18,22,25H,4-12H2,1-3H3,(H,28,29)/t13-,14+,15-,16-,17+,18+,22+,23-,24+/m0/s1. The summed E-state index contributed by atoms with van der Waals surface area (Å²) in [4.78, 5) is 38.0. The molecule has 4 aliphatic carbocycles. The fourth-order valence-electron chi connectivity index (χ4n) is 8.13. The molecule has 0 aliphatic heterocycles. The number of carbonyl (C=O) groups is 3. The molecule has 0 saturated heterocycles. The zero-order chi connectivity index (χ0) is 21.1. The van der Waals surface area contributed by atoms with Gasteiger partial charge < -0.3 is 10.2 Å². The molecule has 0 aromatic heterocycles. The zero-order valence-corrected chi connectivity index (χ0v) is 18.0. The van der Waals surface area contributed by atoms with E-state index >= 15 is 0 Å². The smallest absolute Gasteiger partial charge is 0.303 e. The first-order chi connectivity index (χ1) is 13.6. The Kier molecular flexibility index (Phi) is 5.20. The highest BCUT2D eigenvalue weighted by molar-refractivity contribution is 5.92. The van der Waals surface area contributed by atoms with Gasteiger partial charge in [-0.2, -0.15) is 0 Å². The molecule has 0 radical (unpaired) electrons. The number of hydrogen-bond donors (Lipinski definition) is 2. The highest BCUT2D eigenvalue weighted by atomic mass is 16.4. The van der Waals surface area contributed by atoms with Gasteiger partial charge in [-0.05, 0) is 73.5 Å². The van der Waals surface area contributed by atoms with Crippen LogP contribution in [0.2, 0.25) is 0 Å². The summed E-state index contributed by atoms with van der Waals surface area (Å²) < 4.78 is 0. The lowest BCUT2D eigenvalue weighted by Crippen LogP contribution is -2.60. The van der Waals surface area contributed by atoms with Crippen LogP contribution in [0.25, 0.3) is 0 Å². The molecule has 0 aromatic rings. The molecule has 162 valence electrons. The molecule has 0 bridgehead atoms. The van der Waals surface area contributed by atoms with Gasteiger partial charge in [0, 0.05) is 30.6 Å². The highest BCUT2D eigenvalue weighted by Crippen LogP contribution is 2.66. The molecule has 9 atom stereocenters. The van der Waals surface area contributed by atoms with Gasteiger partial charge in [0.25, 0.3) is 0 Å². The summed E-state index contributed by atoms with van der Waals surface area (Å²) in [5.74, 6) is 0.550. The number of Topliss-reactive ketones (excluding diaryl/α,β-unsaturated/α-hetero) is 2. The number of carboxylic acid groups (broad SMARTS) is 1. The number of aliphatic carboxylic acids is 1. The Labute approximate surface area is 173 Å². The van der Waals surface area contributed by atoms with E-state index in [0.29, 0.717) is 37.2 Å². The van der Waals surface area contributed by atoms with Crippen LogP contribution >= 0.6 is 0 Å². The number of rotatable bonds is 4. The van der Waals surface area contributed by atoms with Gasteiger partial charge in [-0.1, -0.05) is 20.8 Å². The average Bonchev–Trinajstić information content (AvgIpc) is 3.01. The quantitative estimate of drug-likeness (QED) is 0.742. The number of aliphatic hydroxyl groups is 1. The summed E-state index contributed by atoms with van der Waals surface area (Å²) in [6.07, 6.45) is 5.64. The summed E-state index contributed by atoms with van der Waals surface area (Å²) in [6.45, 7) is 6.44. The molecule has 4 fully saturated rings. The molecule has 5 nitrogen and oxygen atoms in total. The maximum absolute atomic E-state index is 13.6. The summed E-state index contributed by atoms with van der Waals surface area (Å²) in [5, 5.41) is 19.2. The lowest BCUT2D eigenvalue weighted by molar-refractivity contribution is -0.168. The van der Waals surface area contributed by atoms with E-state index in [9.17, 15) is 19.5 Å². The molecule has 4 rings (SSSR count). The van der Waals surface area contributed by atoms with Gasteiger partial charge in [-0.15, -0.1) is 0 Å². The first-order valence-corrected chi connectivity index (χ1v) is 11.5. The molecular weight excluding hydrogens is 368 g/mol. The molecule has 2 N–H and O–H groups in total. The normalized spacial score (nSPS) is 47.9. The molecule has 0 aromatic carbocycles. The highest BCUT2D eigenvalue weighted by Gasteiger charge is 2.66. The van der Waals surface area contributed by atoms with E-state index in [1.165, 1.54) is 0 Å². The van der Waals surface area contributed by atoms with E-state index < -0.39 is 11.4 Å². The first kappa shape index (κ1) is 21.0. The van der Waals surface area contributed by atoms with E-state index in [1.54, 1.807) is 0 Å². The Morgan fingerprint density at radius 1 is 1.14 bits per heavy atom. The molecule has 0 heterocycles. The van der Waals surface area contributed by atoms with E-state index in [4.69, 9.17) is 5.11 Å². The van der Waals surface area contributed by atoms with Crippen molar-refractivity contribution in [3.05, 3.63) is 0 Å². The van der Waals surface area contributed by atoms with Crippen molar-refractivity contribution >= 4 is 17.5 Å². The second-order valence-electron chi connectivity index (χ2n) is 11.0. The van der Waals surface area contributed by atoms with Crippen LogP contribution in [0.3, 0.4) is 0 Å². The van der Waals surface area contributed by atoms with Crippen LogP contribution in [-0.4, -0.2) is 33.9 Å². The number of carboxylic acids is 1. The first-order valence-electron chi connectivity index (χ1n) is 11.5. The zero-order valence-electron chi connectivity index (χ0n) is 18.0. The molecule has 4 saturated carbocycles. The number of hydrogen-bond acceptors (Lipinski definition) is 4. The lowest BCUT2D eigenvalue weighted by Gasteiger charge is -2.59. The van der Waals surface area contributed by atoms with Crippen molar-refractivity contribution in [2.24, 2.45) is 46.3 Å². The second-order valence-corrected chi connectivity index (χ2v) is 11.0. The number of fused-ring (bicyclic) bond motifs is 5. The largest absolute Gasteiger partial charge is 0.481 e. The third kappa shape index (κ3) is 3.10. The molecule has 29 heavy (non-hydrogen) atoms. The van der Waals surface area contributed by atoms with E-state index in [-0.39, 0.29) is 53.4 Å². The minimum atomic E-state index is -0.785. The fourth-order valence-corrected chi connectivity index (χ4v) is 8.13. The van der Waals surface area contributed by atoms with Crippen LogP contribution in [0.15, 0.2) is 0 Å². The van der Waals surface area contributed by atoms with Crippen molar-refractivity contribution in [2.45, 2.75) is 84.7 Å². The van der Waals surface area contributed by atoms with Crippen LogP contribution in [-0.2, 0) is 14.4 Å². The van der Waals surface area contributed by atoms with Crippen LogP contribution in [0.4, 0.5) is 0 Å². The van der Waals surface area contributed by atoms with Crippen molar-refractivity contribution in [1.29, 1.82) is 0 Å². The molecule has 0 unspecified atom stereocenters. The van der Waals surface area contributed by atoms with Gasteiger partial charge in [0.05, 0.1) is 6.10 Å². The number of ketones is 2. The van der Waals surface area contributed by atoms with Crippen LogP contribution in [0, 0.1) is 46.3 Å². The molecule has 4 aliphatic rings. The molecule has 5 heteroatoms. The van der Waals surface area contributed by atoms with Crippen LogP contribution < -0.4 is 0 Å². The monoisotopic (exact) mass is 404 g/mol. The fraction of sp³-hybridized carbons (Fsp3) is 0.875. The summed E-state index contributed by atoms with van der Waals surface area (Å²) in [7, 11) is 0. The van der Waals surface area contributed by atoms with Gasteiger partial charge in [0.2, 0.25) is 0 Å².